The number of benzene rings is 3. The van der Waals surface area contributed by atoms with Crippen molar-refractivity contribution in [2.75, 3.05) is 0 Å². The van der Waals surface area contributed by atoms with Crippen LogP contribution in [0.5, 0.6) is 11.5 Å². The van der Waals surface area contributed by atoms with Crippen LogP contribution in [0.15, 0.2) is 76.3 Å². The van der Waals surface area contributed by atoms with Crippen LogP contribution in [-0.4, -0.2) is 24.2 Å². The first-order valence-electron chi connectivity index (χ1n) is 9.35. The Hall–Kier alpha value is -2.87. The molecule has 0 aliphatic rings. The van der Waals surface area contributed by atoms with Gasteiger partial charge in [-0.2, -0.15) is 5.10 Å². The van der Waals surface area contributed by atoms with Crippen LogP contribution in [0.3, 0.4) is 0 Å². The average molecular weight is 536 g/mol. The van der Waals surface area contributed by atoms with Crippen LogP contribution in [0.4, 0.5) is 0 Å². The molecule has 1 unspecified atom stereocenters. The van der Waals surface area contributed by atoms with Gasteiger partial charge >= 0.3 is 5.97 Å². The monoisotopic (exact) mass is 534 g/mol. The Kier molecular flexibility index (Phi) is 8.27. The van der Waals surface area contributed by atoms with Gasteiger partial charge in [0.05, 0.1) is 16.8 Å². The van der Waals surface area contributed by atoms with E-state index in [-0.39, 0.29) is 16.3 Å². The van der Waals surface area contributed by atoms with Crippen LogP contribution in [0.1, 0.15) is 22.8 Å². The van der Waals surface area contributed by atoms with Crippen LogP contribution < -0.4 is 14.9 Å². The Bertz CT molecular complexity index is 1170. The molecule has 0 aromatic heterocycles. The van der Waals surface area contributed by atoms with Gasteiger partial charge in [0.25, 0.3) is 5.91 Å². The van der Waals surface area contributed by atoms with Gasteiger partial charge in [-0.05, 0) is 55.5 Å². The van der Waals surface area contributed by atoms with Crippen molar-refractivity contribution in [2.45, 2.75) is 13.0 Å². The smallest absolute Gasteiger partial charge is 0.345 e. The van der Waals surface area contributed by atoms with Crippen molar-refractivity contribution in [2.24, 2.45) is 5.10 Å². The van der Waals surface area contributed by atoms with E-state index in [1.54, 1.807) is 73.7 Å². The second-order valence-electron chi connectivity index (χ2n) is 6.50. The first-order chi connectivity index (χ1) is 15.3. The standard InChI is InChI=1S/C23H17BrCl2N2O4/c1-14(31-18-6-4-5-17(25)12-18)22(29)28-27-13-15-11-16(24)9-10-21(15)32-23(30)19-7-2-3-8-20(19)26/h2-14H,1H3,(H,28,29). The summed E-state index contributed by atoms with van der Waals surface area (Å²) in [6, 6.07) is 18.3. The molecule has 1 N–H and O–H groups in total. The van der Waals surface area contributed by atoms with Crippen molar-refractivity contribution in [3.05, 3.63) is 92.4 Å². The lowest BCUT2D eigenvalue weighted by molar-refractivity contribution is -0.127. The molecule has 0 saturated carbocycles. The summed E-state index contributed by atoms with van der Waals surface area (Å²) in [5.74, 6) is -0.366. The lowest BCUT2D eigenvalue weighted by Gasteiger charge is -2.13. The quantitative estimate of drug-likeness (QED) is 0.177. The van der Waals surface area contributed by atoms with Crippen LogP contribution in [0.2, 0.25) is 10.0 Å². The van der Waals surface area contributed by atoms with E-state index in [4.69, 9.17) is 32.7 Å². The van der Waals surface area contributed by atoms with E-state index < -0.39 is 18.0 Å². The molecule has 0 aliphatic heterocycles. The molecule has 3 aromatic rings. The molecule has 3 rings (SSSR count). The van der Waals surface area contributed by atoms with E-state index in [1.165, 1.54) is 6.21 Å². The number of hydrogen-bond acceptors (Lipinski definition) is 5. The van der Waals surface area contributed by atoms with E-state index in [0.29, 0.717) is 16.3 Å². The highest BCUT2D eigenvalue weighted by Crippen LogP contribution is 2.24. The minimum Gasteiger partial charge on any atom is -0.481 e. The minimum absolute atomic E-state index is 0.236. The maximum Gasteiger partial charge on any atom is 0.345 e. The van der Waals surface area contributed by atoms with Gasteiger partial charge in [0.15, 0.2) is 6.10 Å². The van der Waals surface area contributed by atoms with Gasteiger partial charge < -0.3 is 9.47 Å². The van der Waals surface area contributed by atoms with Crippen molar-refractivity contribution in [1.29, 1.82) is 0 Å². The fourth-order valence-electron chi connectivity index (χ4n) is 2.55. The van der Waals surface area contributed by atoms with Gasteiger partial charge in [-0.25, -0.2) is 10.2 Å². The van der Waals surface area contributed by atoms with Gasteiger partial charge in [0.2, 0.25) is 0 Å². The second kappa shape index (κ2) is 11.1. The van der Waals surface area contributed by atoms with Crippen molar-refractivity contribution in [3.63, 3.8) is 0 Å². The zero-order valence-electron chi connectivity index (χ0n) is 16.7. The van der Waals surface area contributed by atoms with Gasteiger partial charge in [0.1, 0.15) is 11.5 Å². The highest BCUT2D eigenvalue weighted by molar-refractivity contribution is 9.10. The summed E-state index contributed by atoms with van der Waals surface area (Å²) in [4.78, 5) is 24.8. The summed E-state index contributed by atoms with van der Waals surface area (Å²) in [6.45, 7) is 1.58. The number of esters is 1. The molecule has 0 radical (unpaired) electrons. The molecule has 32 heavy (non-hydrogen) atoms. The van der Waals surface area contributed by atoms with Crippen LogP contribution in [-0.2, 0) is 4.79 Å². The van der Waals surface area contributed by atoms with E-state index in [1.807, 2.05) is 0 Å². The number of amides is 1. The van der Waals surface area contributed by atoms with Gasteiger partial charge in [-0.1, -0.05) is 57.3 Å². The van der Waals surface area contributed by atoms with E-state index in [0.717, 1.165) is 4.47 Å². The number of carbonyl (C=O) groups excluding carboxylic acids is 2. The number of nitrogens with one attached hydrogen (secondary N) is 1. The molecular formula is C23H17BrCl2N2O4. The summed E-state index contributed by atoms with van der Waals surface area (Å²) in [7, 11) is 0. The molecule has 0 aliphatic carbocycles. The molecule has 0 saturated heterocycles. The number of nitrogens with zero attached hydrogens (tertiary/aromatic N) is 1. The Morgan fingerprint density at radius 3 is 2.59 bits per heavy atom. The number of halogens is 3. The fraction of sp³-hybridized carbons (Fsp3) is 0.0870. The lowest BCUT2D eigenvalue weighted by Crippen LogP contribution is -2.33. The maximum absolute atomic E-state index is 12.5. The van der Waals surface area contributed by atoms with Gasteiger partial charge in [-0.3, -0.25) is 4.79 Å². The molecule has 9 heteroatoms. The van der Waals surface area contributed by atoms with E-state index >= 15 is 0 Å². The first-order valence-corrected chi connectivity index (χ1v) is 10.9. The van der Waals surface area contributed by atoms with Gasteiger partial charge in [0, 0.05) is 15.1 Å². The van der Waals surface area contributed by atoms with Crippen LogP contribution in [0, 0.1) is 0 Å². The zero-order valence-corrected chi connectivity index (χ0v) is 19.8. The Morgan fingerprint density at radius 1 is 1.06 bits per heavy atom. The van der Waals surface area contributed by atoms with Crippen LogP contribution in [0.25, 0.3) is 0 Å². The average Bonchev–Trinajstić information content (AvgIpc) is 2.75. The molecule has 164 valence electrons. The molecule has 0 spiro atoms. The third-order valence-electron chi connectivity index (χ3n) is 4.12. The Labute approximate surface area is 203 Å². The van der Waals surface area contributed by atoms with Crippen LogP contribution >= 0.6 is 39.1 Å². The summed E-state index contributed by atoms with van der Waals surface area (Å²) in [6.07, 6.45) is 0.551. The molecule has 1 atom stereocenters. The zero-order chi connectivity index (χ0) is 23.1. The Balaban J connectivity index is 1.67. The molecular weight excluding hydrogens is 519 g/mol. The topological polar surface area (TPSA) is 77.0 Å². The summed E-state index contributed by atoms with van der Waals surface area (Å²) in [5, 5.41) is 4.74. The molecule has 0 heterocycles. The van der Waals surface area contributed by atoms with E-state index in [2.05, 4.69) is 26.5 Å². The molecule has 3 aromatic carbocycles. The number of rotatable bonds is 7. The maximum atomic E-state index is 12.5. The largest absolute Gasteiger partial charge is 0.481 e. The molecule has 6 nitrogen and oxygen atoms in total. The van der Waals surface area contributed by atoms with Crippen molar-refractivity contribution in [3.8, 4) is 11.5 Å². The third-order valence-corrected chi connectivity index (χ3v) is 5.18. The SMILES string of the molecule is CC(Oc1cccc(Cl)c1)C(=O)NN=Cc1cc(Br)ccc1OC(=O)c1ccccc1Cl. The molecule has 0 fully saturated rings. The minimum atomic E-state index is -0.814. The fourth-order valence-corrected chi connectivity index (χ4v) is 3.32. The third kappa shape index (κ3) is 6.56. The van der Waals surface area contributed by atoms with Gasteiger partial charge in [-0.15, -0.1) is 0 Å². The van der Waals surface area contributed by atoms with Crippen molar-refractivity contribution < 1.29 is 19.1 Å². The first kappa shape index (κ1) is 23.8. The number of hydrazone groups is 1. The molecule has 1 amide bonds. The highest BCUT2D eigenvalue weighted by atomic mass is 79.9. The summed E-state index contributed by atoms with van der Waals surface area (Å²) in [5.41, 5.74) is 3.10. The van der Waals surface area contributed by atoms with E-state index in [9.17, 15) is 9.59 Å². The second-order valence-corrected chi connectivity index (χ2v) is 8.26. The molecule has 0 bridgehead atoms. The number of ether oxygens (including phenoxy) is 2. The normalized spacial score (nSPS) is 11.8. The predicted octanol–water partition coefficient (Wildman–Crippen LogP) is 5.89. The summed E-state index contributed by atoms with van der Waals surface area (Å²) >= 11 is 15.3. The lowest BCUT2D eigenvalue weighted by atomic mass is 10.2. The predicted molar refractivity (Wildman–Crippen MR) is 128 cm³/mol. The number of hydrogen-bond donors (Lipinski definition) is 1. The summed E-state index contributed by atoms with van der Waals surface area (Å²) < 4.78 is 11.8. The highest BCUT2D eigenvalue weighted by Gasteiger charge is 2.16. The van der Waals surface area contributed by atoms with Crippen molar-refractivity contribution >= 4 is 57.2 Å². The van der Waals surface area contributed by atoms with Crippen molar-refractivity contribution in [1.82, 2.24) is 5.43 Å². The Morgan fingerprint density at radius 2 is 1.84 bits per heavy atom. The number of carbonyl (C=O) groups is 2.